The number of aromatic nitrogens is 2. The number of carbonyl (C=O) groups excluding carboxylic acids is 1. The molecule has 168 valence electrons. The molecule has 1 aromatic heterocycles. The van der Waals surface area contributed by atoms with Crippen LogP contribution >= 0.6 is 0 Å². The molecule has 1 heterocycles. The van der Waals surface area contributed by atoms with E-state index < -0.39 is 0 Å². The number of hydrogen-bond donors (Lipinski definition) is 1. The van der Waals surface area contributed by atoms with Crippen molar-refractivity contribution in [2.24, 2.45) is 0 Å². The van der Waals surface area contributed by atoms with Crippen LogP contribution in [0.5, 0.6) is 17.2 Å². The number of nitrogens with zero attached hydrogens (tertiary/aromatic N) is 2. The SMILES string of the molecule is COc1cc(OC)c(CCNC(=O)/C=C/c2c(C)nn(-c3ccccc3)c2C)c(OC)c1. The van der Waals surface area contributed by atoms with Gasteiger partial charge in [0, 0.05) is 41.6 Å². The fourth-order valence-electron chi connectivity index (χ4n) is 3.57. The molecule has 0 fully saturated rings. The van der Waals surface area contributed by atoms with E-state index in [1.807, 2.05) is 48.9 Å². The van der Waals surface area contributed by atoms with Crippen molar-refractivity contribution in [2.45, 2.75) is 20.3 Å². The highest BCUT2D eigenvalue weighted by Crippen LogP contribution is 2.34. The van der Waals surface area contributed by atoms with Crippen molar-refractivity contribution in [1.29, 1.82) is 0 Å². The van der Waals surface area contributed by atoms with Gasteiger partial charge in [-0.1, -0.05) is 18.2 Å². The van der Waals surface area contributed by atoms with Crippen molar-refractivity contribution in [2.75, 3.05) is 27.9 Å². The molecule has 32 heavy (non-hydrogen) atoms. The Labute approximate surface area is 188 Å². The van der Waals surface area contributed by atoms with Gasteiger partial charge in [-0.05, 0) is 38.5 Å². The van der Waals surface area contributed by atoms with Crippen LogP contribution in [0.3, 0.4) is 0 Å². The zero-order valence-electron chi connectivity index (χ0n) is 19.1. The van der Waals surface area contributed by atoms with E-state index in [0.29, 0.717) is 30.2 Å². The van der Waals surface area contributed by atoms with Crippen LogP contribution in [0, 0.1) is 13.8 Å². The molecule has 3 rings (SSSR count). The number of amides is 1. The number of rotatable bonds is 9. The first-order valence-corrected chi connectivity index (χ1v) is 10.3. The normalized spacial score (nSPS) is 10.9. The smallest absolute Gasteiger partial charge is 0.244 e. The van der Waals surface area contributed by atoms with E-state index in [-0.39, 0.29) is 5.91 Å². The van der Waals surface area contributed by atoms with Crippen LogP contribution in [0.15, 0.2) is 48.5 Å². The van der Waals surface area contributed by atoms with Crippen molar-refractivity contribution in [3.05, 3.63) is 71.1 Å². The van der Waals surface area contributed by atoms with Gasteiger partial charge in [0.25, 0.3) is 0 Å². The lowest BCUT2D eigenvalue weighted by molar-refractivity contribution is -0.116. The molecule has 1 amide bonds. The van der Waals surface area contributed by atoms with E-state index in [2.05, 4.69) is 10.4 Å². The third kappa shape index (κ3) is 5.11. The Morgan fingerprint density at radius 1 is 1.03 bits per heavy atom. The Balaban J connectivity index is 1.66. The third-order valence-corrected chi connectivity index (χ3v) is 5.24. The summed E-state index contributed by atoms with van der Waals surface area (Å²) in [5, 5.41) is 7.52. The lowest BCUT2D eigenvalue weighted by atomic mass is 10.1. The molecule has 2 aromatic carbocycles. The molecule has 0 saturated heterocycles. The third-order valence-electron chi connectivity index (χ3n) is 5.24. The first-order valence-electron chi connectivity index (χ1n) is 10.3. The highest BCUT2D eigenvalue weighted by Gasteiger charge is 2.14. The van der Waals surface area contributed by atoms with Crippen LogP contribution in [0.2, 0.25) is 0 Å². The molecule has 0 aliphatic rings. The van der Waals surface area contributed by atoms with Crippen molar-refractivity contribution >= 4 is 12.0 Å². The minimum atomic E-state index is -0.178. The summed E-state index contributed by atoms with van der Waals surface area (Å²) in [6.07, 6.45) is 3.90. The molecule has 7 heteroatoms. The second-order valence-corrected chi connectivity index (χ2v) is 7.22. The maximum Gasteiger partial charge on any atom is 0.244 e. The highest BCUT2D eigenvalue weighted by molar-refractivity contribution is 5.92. The van der Waals surface area contributed by atoms with Crippen LogP contribution < -0.4 is 19.5 Å². The number of para-hydroxylation sites is 1. The first-order chi connectivity index (χ1) is 15.5. The molecule has 0 bridgehead atoms. The maximum atomic E-state index is 12.4. The van der Waals surface area contributed by atoms with Gasteiger partial charge in [0.05, 0.1) is 32.7 Å². The average molecular weight is 436 g/mol. The molecule has 7 nitrogen and oxygen atoms in total. The van der Waals surface area contributed by atoms with E-state index >= 15 is 0 Å². The summed E-state index contributed by atoms with van der Waals surface area (Å²) in [6, 6.07) is 13.5. The second-order valence-electron chi connectivity index (χ2n) is 7.22. The van der Waals surface area contributed by atoms with Gasteiger partial charge in [-0.3, -0.25) is 4.79 Å². The summed E-state index contributed by atoms with van der Waals surface area (Å²) in [5.74, 6) is 1.79. The number of benzene rings is 2. The van der Waals surface area contributed by atoms with Gasteiger partial charge in [-0.25, -0.2) is 4.68 Å². The maximum absolute atomic E-state index is 12.4. The van der Waals surface area contributed by atoms with Crippen molar-refractivity contribution < 1.29 is 19.0 Å². The molecule has 0 spiro atoms. The molecule has 0 saturated carbocycles. The number of hydrogen-bond acceptors (Lipinski definition) is 5. The van der Waals surface area contributed by atoms with Crippen LogP contribution in [0.4, 0.5) is 0 Å². The molecule has 0 atom stereocenters. The van der Waals surface area contributed by atoms with Gasteiger partial charge in [0.1, 0.15) is 17.2 Å². The molecule has 0 unspecified atom stereocenters. The van der Waals surface area contributed by atoms with Gasteiger partial charge in [0.2, 0.25) is 5.91 Å². The van der Waals surface area contributed by atoms with Gasteiger partial charge >= 0.3 is 0 Å². The van der Waals surface area contributed by atoms with Crippen molar-refractivity contribution in [3.63, 3.8) is 0 Å². The number of nitrogens with one attached hydrogen (secondary N) is 1. The molecule has 0 aliphatic heterocycles. The molecular weight excluding hydrogens is 406 g/mol. The lowest BCUT2D eigenvalue weighted by Gasteiger charge is -2.15. The molecule has 0 aliphatic carbocycles. The number of methoxy groups -OCH3 is 3. The van der Waals surface area contributed by atoms with Crippen LogP contribution in [0.1, 0.15) is 22.5 Å². The van der Waals surface area contributed by atoms with E-state index in [9.17, 15) is 4.79 Å². The summed E-state index contributed by atoms with van der Waals surface area (Å²) in [4.78, 5) is 12.4. The average Bonchev–Trinajstić information content (AvgIpc) is 3.11. The Morgan fingerprint density at radius 3 is 2.28 bits per heavy atom. The topological polar surface area (TPSA) is 74.6 Å². The van der Waals surface area contributed by atoms with Crippen molar-refractivity contribution in [1.82, 2.24) is 15.1 Å². The van der Waals surface area contributed by atoms with E-state index in [1.54, 1.807) is 39.5 Å². The quantitative estimate of drug-likeness (QED) is 0.516. The molecule has 1 N–H and O–H groups in total. The van der Waals surface area contributed by atoms with Gasteiger partial charge in [-0.2, -0.15) is 5.10 Å². The zero-order chi connectivity index (χ0) is 23.1. The highest BCUT2D eigenvalue weighted by atomic mass is 16.5. The lowest BCUT2D eigenvalue weighted by Crippen LogP contribution is -2.23. The predicted octanol–water partition coefficient (Wildman–Crippen LogP) is 3.89. The predicted molar refractivity (Wildman–Crippen MR) is 125 cm³/mol. The van der Waals surface area contributed by atoms with Crippen LogP contribution in [0.25, 0.3) is 11.8 Å². The summed E-state index contributed by atoms with van der Waals surface area (Å²) in [7, 11) is 4.78. The molecule has 3 aromatic rings. The largest absolute Gasteiger partial charge is 0.496 e. The molecule has 0 radical (unpaired) electrons. The van der Waals surface area contributed by atoms with E-state index in [4.69, 9.17) is 14.2 Å². The van der Waals surface area contributed by atoms with Gasteiger partial charge < -0.3 is 19.5 Å². The fourth-order valence-corrected chi connectivity index (χ4v) is 3.57. The van der Waals surface area contributed by atoms with E-state index in [1.165, 1.54) is 6.08 Å². The summed E-state index contributed by atoms with van der Waals surface area (Å²) < 4.78 is 18.1. The Kier molecular flexibility index (Phi) is 7.54. The van der Waals surface area contributed by atoms with Gasteiger partial charge in [0.15, 0.2) is 0 Å². The minimum absolute atomic E-state index is 0.178. The summed E-state index contributed by atoms with van der Waals surface area (Å²) in [5.41, 5.74) is 4.63. The monoisotopic (exact) mass is 435 g/mol. The number of ether oxygens (including phenoxy) is 3. The van der Waals surface area contributed by atoms with Crippen LogP contribution in [-0.4, -0.2) is 43.6 Å². The van der Waals surface area contributed by atoms with Gasteiger partial charge in [-0.15, -0.1) is 0 Å². The number of carbonyl (C=O) groups is 1. The summed E-state index contributed by atoms with van der Waals surface area (Å²) in [6.45, 7) is 4.36. The second kappa shape index (κ2) is 10.5. The first kappa shape index (κ1) is 22.9. The minimum Gasteiger partial charge on any atom is -0.496 e. The van der Waals surface area contributed by atoms with E-state index in [0.717, 1.165) is 28.2 Å². The number of aryl methyl sites for hydroxylation is 1. The molecular formula is C25H29N3O4. The van der Waals surface area contributed by atoms with Crippen molar-refractivity contribution in [3.8, 4) is 22.9 Å². The Morgan fingerprint density at radius 2 is 1.69 bits per heavy atom. The standard InChI is InChI=1S/C25H29N3O4/c1-17-21(18(2)28(27-17)19-9-7-6-8-10-19)11-12-25(29)26-14-13-22-23(31-4)15-20(30-3)16-24(22)32-5/h6-12,15-16H,13-14H2,1-5H3,(H,26,29)/b12-11+. The fraction of sp³-hybridized carbons (Fsp3) is 0.280. The zero-order valence-corrected chi connectivity index (χ0v) is 19.1. The van der Waals surface area contributed by atoms with Crippen LogP contribution in [-0.2, 0) is 11.2 Å². The Hall–Kier alpha value is -3.74. The summed E-state index contributed by atoms with van der Waals surface area (Å²) >= 11 is 0. The Bertz CT molecular complexity index is 1080.